The molecule has 1 aliphatic heterocycles. The van der Waals surface area contributed by atoms with Crippen LogP contribution in [0.25, 0.3) is 0 Å². The summed E-state index contributed by atoms with van der Waals surface area (Å²) in [7, 11) is 0. The lowest BCUT2D eigenvalue weighted by atomic mass is 9.98. The molecule has 0 aliphatic carbocycles. The molecule has 5 nitrogen and oxygen atoms in total. The highest BCUT2D eigenvalue weighted by molar-refractivity contribution is 5.85. The van der Waals surface area contributed by atoms with Gasteiger partial charge < -0.3 is 15.1 Å². The number of aliphatic hydroxyl groups is 1. The molecule has 2 N–H and O–H groups in total. The van der Waals surface area contributed by atoms with Crippen molar-refractivity contribution in [2.45, 2.75) is 32.7 Å². The van der Waals surface area contributed by atoms with Crippen LogP contribution >= 0.6 is 0 Å². The van der Waals surface area contributed by atoms with Crippen LogP contribution in [0.2, 0.25) is 0 Å². The summed E-state index contributed by atoms with van der Waals surface area (Å²) in [6, 6.07) is -0.756. The number of carbonyl (C=O) groups excluding carboxylic acids is 1. The fourth-order valence-electron chi connectivity index (χ4n) is 2.11. The smallest absolute Gasteiger partial charge is 0.326 e. The van der Waals surface area contributed by atoms with Crippen LogP contribution in [0.15, 0.2) is 0 Å². The summed E-state index contributed by atoms with van der Waals surface area (Å²) in [6.45, 7) is 4.04. The Hall–Kier alpha value is -1.10. The normalized spacial score (nSPS) is 24.6. The largest absolute Gasteiger partial charge is 0.480 e. The van der Waals surface area contributed by atoms with Gasteiger partial charge in [-0.3, -0.25) is 4.79 Å². The average Bonchev–Trinajstić information content (AvgIpc) is 2.59. The van der Waals surface area contributed by atoms with Crippen molar-refractivity contribution in [1.29, 1.82) is 0 Å². The minimum atomic E-state index is -0.957. The molecule has 0 aromatic heterocycles. The number of rotatable bonds is 5. The Balaban J connectivity index is 2.80. The third kappa shape index (κ3) is 2.52. The molecular formula is C11H19NO4. The summed E-state index contributed by atoms with van der Waals surface area (Å²) in [5.74, 6) is -1.30. The molecule has 1 heterocycles. The predicted molar refractivity (Wildman–Crippen MR) is 57.8 cm³/mol. The Morgan fingerprint density at radius 1 is 1.62 bits per heavy atom. The Labute approximate surface area is 95.1 Å². The van der Waals surface area contributed by atoms with Crippen LogP contribution in [0.1, 0.15) is 26.7 Å². The highest BCUT2D eigenvalue weighted by atomic mass is 16.4. The first-order valence-electron chi connectivity index (χ1n) is 5.64. The van der Waals surface area contributed by atoms with Crippen LogP contribution in [-0.4, -0.2) is 46.2 Å². The monoisotopic (exact) mass is 229 g/mol. The van der Waals surface area contributed by atoms with Gasteiger partial charge in [0.1, 0.15) is 6.04 Å². The van der Waals surface area contributed by atoms with Crippen LogP contribution in [0.5, 0.6) is 0 Å². The van der Waals surface area contributed by atoms with E-state index in [9.17, 15) is 9.59 Å². The minimum Gasteiger partial charge on any atom is -0.480 e. The van der Waals surface area contributed by atoms with E-state index in [1.165, 1.54) is 4.90 Å². The van der Waals surface area contributed by atoms with Gasteiger partial charge in [-0.2, -0.15) is 0 Å². The SMILES string of the molecule is CCC(C)C(C(=O)O)N1CC(CO)CC1=O. The molecule has 3 atom stereocenters. The second-order valence-corrected chi connectivity index (χ2v) is 4.47. The molecule has 0 bridgehead atoms. The predicted octanol–water partition coefficient (Wildman–Crippen LogP) is 0.326. The van der Waals surface area contributed by atoms with Crippen LogP contribution in [-0.2, 0) is 9.59 Å². The van der Waals surface area contributed by atoms with Crippen molar-refractivity contribution in [3.05, 3.63) is 0 Å². The summed E-state index contributed by atoms with van der Waals surface area (Å²) in [4.78, 5) is 24.2. The van der Waals surface area contributed by atoms with Gasteiger partial charge in [0.05, 0.1) is 0 Å². The van der Waals surface area contributed by atoms with Gasteiger partial charge in [0.25, 0.3) is 0 Å². The number of hydrogen-bond donors (Lipinski definition) is 2. The average molecular weight is 229 g/mol. The van der Waals surface area contributed by atoms with E-state index in [2.05, 4.69) is 0 Å². The van der Waals surface area contributed by atoms with Gasteiger partial charge in [-0.25, -0.2) is 4.79 Å². The number of aliphatic hydroxyl groups excluding tert-OH is 1. The number of amides is 1. The van der Waals surface area contributed by atoms with Gasteiger partial charge in [0.15, 0.2) is 0 Å². The molecule has 0 aromatic rings. The maximum absolute atomic E-state index is 11.7. The van der Waals surface area contributed by atoms with Crippen LogP contribution in [0.3, 0.4) is 0 Å². The van der Waals surface area contributed by atoms with Crippen molar-refractivity contribution < 1.29 is 19.8 Å². The van der Waals surface area contributed by atoms with Crippen LogP contribution < -0.4 is 0 Å². The quantitative estimate of drug-likeness (QED) is 0.712. The number of hydrogen-bond acceptors (Lipinski definition) is 3. The molecule has 0 radical (unpaired) electrons. The summed E-state index contributed by atoms with van der Waals surface area (Å²) in [5, 5.41) is 18.1. The first-order valence-corrected chi connectivity index (χ1v) is 5.64. The summed E-state index contributed by atoms with van der Waals surface area (Å²) < 4.78 is 0. The molecule has 0 aromatic carbocycles. The zero-order valence-electron chi connectivity index (χ0n) is 9.72. The van der Waals surface area contributed by atoms with Crippen molar-refractivity contribution in [1.82, 2.24) is 4.90 Å². The van der Waals surface area contributed by atoms with Crippen molar-refractivity contribution in [3.8, 4) is 0 Å². The first-order chi connectivity index (χ1) is 7.51. The molecule has 1 amide bonds. The number of likely N-dealkylation sites (tertiary alicyclic amines) is 1. The van der Waals surface area contributed by atoms with E-state index in [4.69, 9.17) is 10.2 Å². The third-order valence-corrected chi connectivity index (χ3v) is 3.27. The van der Waals surface area contributed by atoms with Gasteiger partial charge in [-0.05, 0) is 5.92 Å². The van der Waals surface area contributed by atoms with E-state index in [1.807, 2.05) is 13.8 Å². The molecule has 0 saturated carbocycles. The number of carboxylic acids is 1. The van der Waals surface area contributed by atoms with Crippen LogP contribution in [0, 0.1) is 11.8 Å². The zero-order valence-corrected chi connectivity index (χ0v) is 9.72. The highest BCUT2D eigenvalue weighted by Gasteiger charge is 2.39. The zero-order chi connectivity index (χ0) is 12.3. The van der Waals surface area contributed by atoms with E-state index in [-0.39, 0.29) is 30.8 Å². The third-order valence-electron chi connectivity index (χ3n) is 3.27. The lowest BCUT2D eigenvalue weighted by Crippen LogP contribution is -2.46. The second-order valence-electron chi connectivity index (χ2n) is 4.47. The van der Waals surface area contributed by atoms with Gasteiger partial charge in [0, 0.05) is 25.5 Å². The van der Waals surface area contributed by atoms with E-state index in [0.717, 1.165) is 0 Å². The fourth-order valence-corrected chi connectivity index (χ4v) is 2.11. The molecule has 3 unspecified atom stereocenters. The van der Waals surface area contributed by atoms with E-state index < -0.39 is 12.0 Å². The number of nitrogens with zero attached hydrogens (tertiary/aromatic N) is 1. The van der Waals surface area contributed by atoms with Gasteiger partial charge in [0.2, 0.25) is 5.91 Å². The molecule has 1 aliphatic rings. The highest BCUT2D eigenvalue weighted by Crippen LogP contribution is 2.24. The molecule has 1 fully saturated rings. The molecule has 0 spiro atoms. The lowest BCUT2D eigenvalue weighted by Gasteiger charge is -2.29. The molecule has 5 heteroatoms. The standard InChI is InChI=1S/C11H19NO4/c1-3-7(2)10(11(15)16)12-5-8(6-13)4-9(12)14/h7-8,10,13H,3-6H2,1-2H3,(H,15,16). The van der Waals surface area contributed by atoms with Gasteiger partial charge >= 0.3 is 5.97 Å². The van der Waals surface area contributed by atoms with Crippen molar-refractivity contribution in [2.75, 3.05) is 13.2 Å². The Bertz CT molecular complexity index is 279. The van der Waals surface area contributed by atoms with E-state index in [0.29, 0.717) is 13.0 Å². The molecule has 1 rings (SSSR count). The number of aliphatic carboxylic acids is 1. The maximum atomic E-state index is 11.7. The first kappa shape index (κ1) is 13.0. The molecule has 16 heavy (non-hydrogen) atoms. The van der Waals surface area contributed by atoms with Crippen molar-refractivity contribution >= 4 is 11.9 Å². The minimum absolute atomic E-state index is 0.0604. The van der Waals surface area contributed by atoms with Gasteiger partial charge in [-0.1, -0.05) is 20.3 Å². The van der Waals surface area contributed by atoms with Crippen LogP contribution in [0.4, 0.5) is 0 Å². The van der Waals surface area contributed by atoms with E-state index >= 15 is 0 Å². The summed E-state index contributed by atoms with van der Waals surface area (Å²) in [5.41, 5.74) is 0. The maximum Gasteiger partial charge on any atom is 0.326 e. The van der Waals surface area contributed by atoms with Gasteiger partial charge in [-0.15, -0.1) is 0 Å². The Kier molecular flexibility index (Phi) is 4.29. The number of carboxylic acid groups (broad SMARTS) is 1. The second kappa shape index (κ2) is 5.30. The molecule has 92 valence electrons. The lowest BCUT2D eigenvalue weighted by molar-refractivity contribution is -0.150. The molecular weight excluding hydrogens is 210 g/mol. The number of carbonyl (C=O) groups is 2. The summed E-state index contributed by atoms with van der Waals surface area (Å²) >= 11 is 0. The summed E-state index contributed by atoms with van der Waals surface area (Å²) in [6.07, 6.45) is 0.973. The van der Waals surface area contributed by atoms with Crippen molar-refractivity contribution in [3.63, 3.8) is 0 Å². The topological polar surface area (TPSA) is 77.8 Å². The van der Waals surface area contributed by atoms with E-state index in [1.54, 1.807) is 0 Å². The fraction of sp³-hybridized carbons (Fsp3) is 0.818. The Morgan fingerprint density at radius 3 is 2.62 bits per heavy atom. The van der Waals surface area contributed by atoms with Crippen molar-refractivity contribution in [2.24, 2.45) is 11.8 Å². The Morgan fingerprint density at radius 2 is 2.25 bits per heavy atom. The molecule has 1 saturated heterocycles.